The number of carboxylic acid groups (broad SMARTS) is 1. The van der Waals surface area contributed by atoms with E-state index in [9.17, 15) is 9.59 Å². The predicted molar refractivity (Wildman–Crippen MR) is 87.7 cm³/mol. The summed E-state index contributed by atoms with van der Waals surface area (Å²) in [6, 6.07) is 9.00. The Hall–Kier alpha value is -2.28. The monoisotopic (exact) mass is 336 g/mol. The van der Waals surface area contributed by atoms with Crippen molar-refractivity contribution in [2.24, 2.45) is 5.92 Å². The molecule has 0 radical (unpaired) electrons. The zero-order chi connectivity index (χ0) is 17.2. The predicted octanol–water partition coefficient (Wildman–Crippen LogP) is 2.37. The van der Waals surface area contributed by atoms with Crippen LogP contribution >= 0.6 is 0 Å². The molecule has 0 aromatic heterocycles. The van der Waals surface area contributed by atoms with Crippen molar-refractivity contribution in [3.05, 3.63) is 35.9 Å². The van der Waals surface area contributed by atoms with Crippen LogP contribution in [0.3, 0.4) is 0 Å². The van der Waals surface area contributed by atoms with Crippen molar-refractivity contribution in [1.29, 1.82) is 0 Å². The van der Waals surface area contributed by atoms with Crippen LogP contribution in [-0.4, -0.2) is 43.1 Å². The molecule has 1 fully saturated rings. The van der Waals surface area contributed by atoms with E-state index in [1.54, 1.807) is 0 Å². The number of alkyl carbamates (subject to hydrolysis) is 1. The minimum atomic E-state index is -1.10. The molecule has 2 atom stereocenters. The first kappa shape index (κ1) is 18.1. The molecule has 132 valence electrons. The Morgan fingerprint density at radius 1 is 1.33 bits per heavy atom. The van der Waals surface area contributed by atoms with Gasteiger partial charge in [0.25, 0.3) is 0 Å². The van der Waals surface area contributed by atoms with Gasteiger partial charge >= 0.3 is 12.2 Å². The van der Waals surface area contributed by atoms with E-state index < -0.39 is 12.2 Å². The summed E-state index contributed by atoms with van der Waals surface area (Å²) in [6.07, 6.45) is 0.963. The normalized spacial score (nSPS) is 18.4. The van der Waals surface area contributed by atoms with E-state index in [0.717, 1.165) is 25.0 Å². The molecule has 24 heavy (non-hydrogen) atoms. The van der Waals surface area contributed by atoms with Crippen molar-refractivity contribution >= 4 is 12.2 Å². The molecule has 0 spiro atoms. The fraction of sp³-hybridized carbons (Fsp3) is 0.529. The van der Waals surface area contributed by atoms with Crippen molar-refractivity contribution in [1.82, 2.24) is 10.6 Å². The van der Waals surface area contributed by atoms with Crippen molar-refractivity contribution in [3.63, 3.8) is 0 Å². The summed E-state index contributed by atoms with van der Waals surface area (Å²) >= 11 is 0. The molecular formula is C17H24N2O5. The van der Waals surface area contributed by atoms with Gasteiger partial charge in [0.05, 0.1) is 0 Å². The average molecular weight is 336 g/mol. The first-order chi connectivity index (χ1) is 11.6. The second-order valence-corrected chi connectivity index (χ2v) is 5.91. The lowest BCUT2D eigenvalue weighted by atomic mass is 9.94. The SMILES string of the molecule is O=C(O)N[C@H](CNC(=O)OCc1ccccc1)C[C@H]1CCCOC1. The maximum atomic E-state index is 11.8. The van der Waals surface area contributed by atoms with Crippen molar-refractivity contribution < 1.29 is 24.2 Å². The maximum Gasteiger partial charge on any atom is 0.407 e. The lowest BCUT2D eigenvalue weighted by Crippen LogP contribution is -2.45. The molecule has 2 amide bonds. The van der Waals surface area contributed by atoms with E-state index in [4.69, 9.17) is 14.6 Å². The minimum Gasteiger partial charge on any atom is -0.465 e. The molecule has 1 aromatic carbocycles. The molecule has 1 saturated heterocycles. The molecular weight excluding hydrogens is 312 g/mol. The van der Waals surface area contributed by atoms with Crippen LogP contribution in [0.15, 0.2) is 30.3 Å². The molecule has 2 rings (SSSR count). The Kier molecular flexibility index (Phi) is 7.35. The van der Waals surface area contributed by atoms with E-state index in [1.807, 2.05) is 30.3 Å². The number of hydrogen-bond acceptors (Lipinski definition) is 4. The Morgan fingerprint density at radius 3 is 2.79 bits per heavy atom. The standard InChI is InChI=1S/C17H24N2O5/c20-16(21)19-15(9-14-7-4-8-23-11-14)10-18-17(22)24-12-13-5-2-1-3-6-13/h1-3,5-6,14-15,19H,4,7-12H2,(H,18,22)(H,20,21)/t14-,15+/m1/s1. The van der Waals surface area contributed by atoms with Crippen LogP contribution in [0.1, 0.15) is 24.8 Å². The first-order valence-electron chi connectivity index (χ1n) is 8.15. The van der Waals surface area contributed by atoms with Gasteiger partial charge in [0.15, 0.2) is 0 Å². The molecule has 0 aliphatic carbocycles. The largest absolute Gasteiger partial charge is 0.465 e. The third-order valence-electron chi connectivity index (χ3n) is 3.91. The smallest absolute Gasteiger partial charge is 0.407 e. The lowest BCUT2D eigenvalue weighted by molar-refractivity contribution is 0.0474. The zero-order valence-electron chi connectivity index (χ0n) is 13.6. The number of hydrogen-bond donors (Lipinski definition) is 3. The second-order valence-electron chi connectivity index (χ2n) is 5.91. The quantitative estimate of drug-likeness (QED) is 0.710. The van der Waals surface area contributed by atoms with Gasteiger partial charge in [-0.25, -0.2) is 9.59 Å². The number of carbonyl (C=O) groups is 2. The number of ether oxygens (including phenoxy) is 2. The van der Waals surface area contributed by atoms with E-state index in [2.05, 4.69) is 10.6 Å². The molecule has 1 aliphatic heterocycles. The summed E-state index contributed by atoms with van der Waals surface area (Å²) in [5, 5.41) is 14.0. The van der Waals surface area contributed by atoms with Gasteiger partial charge in [0.1, 0.15) is 6.61 Å². The highest BCUT2D eigenvalue weighted by atomic mass is 16.5. The van der Waals surface area contributed by atoms with Crippen molar-refractivity contribution in [3.8, 4) is 0 Å². The molecule has 3 N–H and O–H groups in total. The number of nitrogens with one attached hydrogen (secondary N) is 2. The number of amides is 2. The van der Waals surface area contributed by atoms with Crippen molar-refractivity contribution in [2.75, 3.05) is 19.8 Å². The van der Waals surface area contributed by atoms with Crippen LogP contribution in [0.4, 0.5) is 9.59 Å². The highest BCUT2D eigenvalue weighted by Crippen LogP contribution is 2.18. The molecule has 7 heteroatoms. The minimum absolute atomic E-state index is 0.181. The highest BCUT2D eigenvalue weighted by molar-refractivity contribution is 5.68. The van der Waals surface area contributed by atoms with Crippen LogP contribution in [0.5, 0.6) is 0 Å². The first-order valence-corrected chi connectivity index (χ1v) is 8.15. The van der Waals surface area contributed by atoms with Crippen LogP contribution in [0, 0.1) is 5.92 Å². The average Bonchev–Trinajstić information content (AvgIpc) is 2.59. The van der Waals surface area contributed by atoms with Gasteiger partial charge in [-0.05, 0) is 30.7 Å². The number of rotatable bonds is 7. The summed E-state index contributed by atoms with van der Waals surface area (Å²) in [5.74, 6) is 0.303. The summed E-state index contributed by atoms with van der Waals surface area (Å²) in [4.78, 5) is 22.7. The van der Waals surface area contributed by atoms with Gasteiger partial charge in [0, 0.05) is 25.8 Å². The zero-order valence-corrected chi connectivity index (χ0v) is 13.6. The van der Waals surface area contributed by atoms with E-state index >= 15 is 0 Å². The maximum absolute atomic E-state index is 11.8. The van der Waals surface area contributed by atoms with Crippen LogP contribution in [0.2, 0.25) is 0 Å². The second kappa shape index (κ2) is 9.77. The van der Waals surface area contributed by atoms with Gasteiger partial charge < -0.3 is 25.2 Å². The number of benzene rings is 1. The van der Waals surface area contributed by atoms with Crippen molar-refractivity contribution in [2.45, 2.75) is 31.9 Å². The summed E-state index contributed by atoms with van der Waals surface area (Å²) in [5.41, 5.74) is 0.896. The molecule has 1 aromatic rings. The van der Waals surface area contributed by atoms with E-state index in [0.29, 0.717) is 18.9 Å². The topological polar surface area (TPSA) is 96.9 Å². The van der Waals surface area contributed by atoms with E-state index in [-0.39, 0.29) is 19.2 Å². The Labute approximate surface area is 141 Å². The number of carbonyl (C=O) groups excluding carboxylic acids is 1. The summed E-state index contributed by atoms with van der Waals surface area (Å²) < 4.78 is 10.5. The summed E-state index contributed by atoms with van der Waals surface area (Å²) in [6.45, 7) is 1.77. The lowest BCUT2D eigenvalue weighted by Gasteiger charge is -2.26. The van der Waals surface area contributed by atoms with Crippen LogP contribution in [0.25, 0.3) is 0 Å². The van der Waals surface area contributed by atoms with Crippen LogP contribution in [-0.2, 0) is 16.1 Å². The van der Waals surface area contributed by atoms with Crippen LogP contribution < -0.4 is 10.6 Å². The van der Waals surface area contributed by atoms with Gasteiger partial charge in [-0.15, -0.1) is 0 Å². The Balaban J connectivity index is 1.73. The summed E-state index contributed by atoms with van der Waals surface area (Å²) in [7, 11) is 0. The molecule has 0 unspecified atom stereocenters. The molecule has 0 saturated carbocycles. The molecule has 1 heterocycles. The van der Waals surface area contributed by atoms with Gasteiger partial charge in [0.2, 0.25) is 0 Å². The van der Waals surface area contributed by atoms with Gasteiger partial charge in [-0.1, -0.05) is 30.3 Å². The molecule has 7 nitrogen and oxygen atoms in total. The third kappa shape index (κ3) is 6.87. The van der Waals surface area contributed by atoms with Gasteiger partial charge in [-0.2, -0.15) is 0 Å². The molecule has 0 bridgehead atoms. The van der Waals surface area contributed by atoms with Gasteiger partial charge in [-0.3, -0.25) is 0 Å². The van der Waals surface area contributed by atoms with E-state index in [1.165, 1.54) is 0 Å². The Morgan fingerprint density at radius 2 is 2.12 bits per heavy atom. The highest BCUT2D eigenvalue weighted by Gasteiger charge is 2.21. The fourth-order valence-corrected chi connectivity index (χ4v) is 2.74. The third-order valence-corrected chi connectivity index (χ3v) is 3.91. The Bertz CT molecular complexity index is 517. The fourth-order valence-electron chi connectivity index (χ4n) is 2.74. The molecule has 1 aliphatic rings.